The second-order valence-corrected chi connectivity index (χ2v) is 6.42. The van der Waals surface area contributed by atoms with E-state index in [1.807, 2.05) is 4.90 Å². The second kappa shape index (κ2) is 10.6. The normalized spacial score (nSPS) is 19.8. The van der Waals surface area contributed by atoms with E-state index in [0.29, 0.717) is 19.4 Å². The van der Waals surface area contributed by atoms with Crippen LogP contribution in [0.1, 0.15) is 71.6 Å². The topological polar surface area (TPSA) is 69.6 Å². The first kappa shape index (κ1) is 18.9. The van der Waals surface area contributed by atoms with Crippen molar-refractivity contribution in [2.75, 3.05) is 13.1 Å². The van der Waals surface area contributed by atoms with E-state index in [0.717, 1.165) is 38.6 Å². The van der Waals surface area contributed by atoms with Gasteiger partial charge in [-0.1, -0.05) is 32.6 Å². The summed E-state index contributed by atoms with van der Waals surface area (Å²) in [6, 6.07) is 0.0779. The molecule has 1 rings (SSSR count). The summed E-state index contributed by atoms with van der Waals surface area (Å²) in [5, 5.41) is 12.8. The maximum atomic E-state index is 12.2. The Morgan fingerprint density at radius 2 is 2.05 bits per heavy atom. The number of piperidine rings is 1. The van der Waals surface area contributed by atoms with Crippen molar-refractivity contribution in [1.29, 1.82) is 0 Å². The average Bonchev–Trinajstić information content (AvgIpc) is 2.49. The number of likely N-dealkylation sites (tertiary alicyclic amines) is 1. The van der Waals surface area contributed by atoms with E-state index >= 15 is 0 Å². The lowest BCUT2D eigenvalue weighted by molar-refractivity contribution is -0.134. The molecule has 1 aliphatic heterocycles. The number of amides is 2. The second-order valence-electron chi connectivity index (χ2n) is 6.42. The van der Waals surface area contributed by atoms with Crippen molar-refractivity contribution in [3.8, 4) is 0 Å². The molecule has 1 heterocycles. The SMILES string of the molecule is CCCCCCC(O)CCC(=O)N1CCCC(NC(C)=O)C1. The van der Waals surface area contributed by atoms with Crippen LogP contribution in [0.2, 0.25) is 0 Å². The molecule has 0 aromatic heterocycles. The van der Waals surface area contributed by atoms with Gasteiger partial charge in [0, 0.05) is 32.5 Å². The van der Waals surface area contributed by atoms with Gasteiger partial charge in [0.05, 0.1) is 6.10 Å². The number of hydrogen-bond acceptors (Lipinski definition) is 3. The molecule has 2 atom stereocenters. The molecule has 0 spiro atoms. The Morgan fingerprint density at radius 3 is 2.73 bits per heavy atom. The molecule has 1 aliphatic rings. The van der Waals surface area contributed by atoms with Crippen LogP contribution in [0, 0.1) is 0 Å². The van der Waals surface area contributed by atoms with E-state index in [1.54, 1.807) is 0 Å². The Morgan fingerprint density at radius 1 is 1.27 bits per heavy atom. The van der Waals surface area contributed by atoms with E-state index in [2.05, 4.69) is 12.2 Å². The van der Waals surface area contributed by atoms with Gasteiger partial charge in [-0.25, -0.2) is 0 Å². The molecular formula is C17H32N2O3. The van der Waals surface area contributed by atoms with Gasteiger partial charge in [0.15, 0.2) is 0 Å². The minimum atomic E-state index is -0.364. The van der Waals surface area contributed by atoms with Crippen molar-refractivity contribution in [1.82, 2.24) is 10.2 Å². The molecule has 1 saturated heterocycles. The lowest BCUT2D eigenvalue weighted by Gasteiger charge is -2.33. The third-order valence-corrected chi connectivity index (χ3v) is 4.26. The largest absolute Gasteiger partial charge is 0.393 e. The first-order chi connectivity index (χ1) is 10.5. The molecule has 0 bridgehead atoms. The fourth-order valence-corrected chi connectivity index (χ4v) is 3.01. The lowest BCUT2D eigenvalue weighted by Crippen LogP contribution is -2.49. The van der Waals surface area contributed by atoms with Gasteiger partial charge in [-0.05, 0) is 25.7 Å². The summed E-state index contributed by atoms with van der Waals surface area (Å²) < 4.78 is 0. The predicted octanol–water partition coefficient (Wildman–Crippen LogP) is 2.22. The van der Waals surface area contributed by atoms with Crippen LogP contribution < -0.4 is 5.32 Å². The van der Waals surface area contributed by atoms with Crippen LogP contribution in [0.25, 0.3) is 0 Å². The van der Waals surface area contributed by atoms with Gasteiger partial charge >= 0.3 is 0 Å². The van der Waals surface area contributed by atoms with E-state index in [-0.39, 0.29) is 24.0 Å². The number of rotatable bonds is 9. The van der Waals surface area contributed by atoms with Crippen LogP contribution in [0.15, 0.2) is 0 Å². The van der Waals surface area contributed by atoms with E-state index < -0.39 is 0 Å². The molecule has 128 valence electrons. The maximum Gasteiger partial charge on any atom is 0.222 e. The molecule has 0 aromatic carbocycles. The molecule has 2 amide bonds. The Kier molecular flexibility index (Phi) is 9.13. The van der Waals surface area contributed by atoms with Crippen molar-refractivity contribution in [2.24, 2.45) is 0 Å². The number of unbranched alkanes of at least 4 members (excludes halogenated alkanes) is 3. The first-order valence-electron chi connectivity index (χ1n) is 8.75. The summed E-state index contributed by atoms with van der Waals surface area (Å²) in [5.74, 6) is 0.0597. The number of aliphatic hydroxyl groups is 1. The summed E-state index contributed by atoms with van der Waals surface area (Å²) >= 11 is 0. The molecule has 2 N–H and O–H groups in total. The summed E-state index contributed by atoms with van der Waals surface area (Å²) in [6.45, 7) is 5.05. The summed E-state index contributed by atoms with van der Waals surface area (Å²) in [6.07, 6.45) is 7.85. The minimum Gasteiger partial charge on any atom is -0.393 e. The molecule has 2 unspecified atom stereocenters. The molecule has 0 saturated carbocycles. The average molecular weight is 312 g/mol. The molecule has 0 aromatic rings. The number of nitrogens with zero attached hydrogens (tertiary/aromatic N) is 1. The number of carbonyl (C=O) groups excluding carboxylic acids is 2. The zero-order valence-corrected chi connectivity index (χ0v) is 14.1. The highest BCUT2D eigenvalue weighted by atomic mass is 16.3. The fraction of sp³-hybridized carbons (Fsp3) is 0.882. The van der Waals surface area contributed by atoms with Gasteiger partial charge in [-0.3, -0.25) is 9.59 Å². The molecule has 0 aliphatic carbocycles. The van der Waals surface area contributed by atoms with E-state index in [4.69, 9.17) is 0 Å². The van der Waals surface area contributed by atoms with Crippen molar-refractivity contribution in [2.45, 2.75) is 83.8 Å². The molecule has 1 fully saturated rings. The van der Waals surface area contributed by atoms with Crippen molar-refractivity contribution in [3.05, 3.63) is 0 Å². The molecule has 0 radical (unpaired) electrons. The predicted molar refractivity (Wildman–Crippen MR) is 87.4 cm³/mol. The zero-order valence-electron chi connectivity index (χ0n) is 14.1. The highest BCUT2D eigenvalue weighted by Gasteiger charge is 2.24. The van der Waals surface area contributed by atoms with Gasteiger partial charge < -0.3 is 15.3 Å². The van der Waals surface area contributed by atoms with Crippen LogP contribution in [-0.2, 0) is 9.59 Å². The number of hydrogen-bond donors (Lipinski definition) is 2. The van der Waals surface area contributed by atoms with Crippen molar-refractivity contribution >= 4 is 11.8 Å². The number of aliphatic hydroxyl groups excluding tert-OH is 1. The van der Waals surface area contributed by atoms with Gasteiger partial charge in [0.25, 0.3) is 0 Å². The Bertz CT molecular complexity index is 347. The third-order valence-electron chi connectivity index (χ3n) is 4.26. The lowest BCUT2D eigenvalue weighted by atomic mass is 10.0. The van der Waals surface area contributed by atoms with Crippen LogP contribution in [-0.4, -0.2) is 47.1 Å². The smallest absolute Gasteiger partial charge is 0.222 e. The van der Waals surface area contributed by atoms with E-state index in [1.165, 1.54) is 19.8 Å². The fourth-order valence-electron chi connectivity index (χ4n) is 3.01. The standard InChI is InChI=1S/C17H32N2O3/c1-3-4-5-6-9-16(21)10-11-17(22)19-12-7-8-15(13-19)18-14(2)20/h15-16,21H,3-13H2,1-2H3,(H,18,20). The molecule has 22 heavy (non-hydrogen) atoms. The number of carbonyl (C=O) groups is 2. The Labute approximate surface area is 134 Å². The molecular weight excluding hydrogens is 280 g/mol. The number of nitrogens with one attached hydrogen (secondary N) is 1. The van der Waals surface area contributed by atoms with Gasteiger partial charge in [-0.2, -0.15) is 0 Å². The first-order valence-corrected chi connectivity index (χ1v) is 8.75. The summed E-state index contributed by atoms with van der Waals surface area (Å²) in [7, 11) is 0. The molecule has 5 nitrogen and oxygen atoms in total. The van der Waals surface area contributed by atoms with Gasteiger partial charge in [0.1, 0.15) is 0 Å². The van der Waals surface area contributed by atoms with Crippen molar-refractivity contribution < 1.29 is 14.7 Å². The van der Waals surface area contributed by atoms with E-state index in [9.17, 15) is 14.7 Å². The highest BCUT2D eigenvalue weighted by Crippen LogP contribution is 2.14. The highest BCUT2D eigenvalue weighted by molar-refractivity contribution is 5.77. The summed E-state index contributed by atoms with van der Waals surface area (Å²) in [4.78, 5) is 25.1. The maximum absolute atomic E-state index is 12.2. The van der Waals surface area contributed by atoms with Gasteiger partial charge in [0.2, 0.25) is 11.8 Å². The Balaban J connectivity index is 2.22. The van der Waals surface area contributed by atoms with Crippen LogP contribution in [0.3, 0.4) is 0 Å². The Hall–Kier alpha value is -1.10. The monoisotopic (exact) mass is 312 g/mol. The minimum absolute atomic E-state index is 0.0400. The van der Waals surface area contributed by atoms with Crippen LogP contribution in [0.4, 0.5) is 0 Å². The van der Waals surface area contributed by atoms with Crippen molar-refractivity contribution in [3.63, 3.8) is 0 Å². The van der Waals surface area contributed by atoms with Gasteiger partial charge in [-0.15, -0.1) is 0 Å². The quantitative estimate of drug-likeness (QED) is 0.641. The zero-order chi connectivity index (χ0) is 16.4. The third kappa shape index (κ3) is 7.78. The van der Waals surface area contributed by atoms with Crippen LogP contribution >= 0.6 is 0 Å². The summed E-state index contributed by atoms with van der Waals surface area (Å²) in [5.41, 5.74) is 0. The molecule has 5 heteroatoms. The van der Waals surface area contributed by atoms with Crippen LogP contribution in [0.5, 0.6) is 0 Å².